The van der Waals surface area contributed by atoms with Crippen molar-refractivity contribution in [3.05, 3.63) is 36.3 Å². The second-order valence-corrected chi connectivity index (χ2v) is 6.39. The highest BCUT2D eigenvalue weighted by atomic mass is 16.5. The average Bonchev–Trinajstić information content (AvgIpc) is 2.69. The molecule has 0 aliphatic carbocycles. The van der Waals surface area contributed by atoms with Crippen molar-refractivity contribution in [2.75, 3.05) is 67.2 Å². The Balaban J connectivity index is 1.46. The van der Waals surface area contributed by atoms with Gasteiger partial charge in [0.2, 0.25) is 0 Å². The first-order chi connectivity index (χ1) is 12.3. The summed E-state index contributed by atoms with van der Waals surface area (Å²) in [6.45, 7) is 9.07. The maximum atomic E-state index is 5.44. The normalized spacial score (nSPS) is 18.5. The van der Waals surface area contributed by atoms with Gasteiger partial charge in [-0.25, -0.2) is 15.0 Å². The maximum absolute atomic E-state index is 5.44. The maximum Gasteiger partial charge on any atom is 0.134 e. The zero-order chi connectivity index (χ0) is 17.1. The highest BCUT2D eigenvalue weighted by molar-refractivity contribution is 5.52. The second-order valence-electron chi connectivity index (χ2n) is 6.39. The Kier molecular flexibility index (Phi) is 4.65. The lowest BCUT2D eigenvalue weighted by molar-refractivity contribution is 0.122. The molecule has 2 aromatic heterocycles. The standard InChI is InChI=1S/C18H24N6O/c1-15-20-17(14-18(21-15)24-10-12-25-13-11-24)23-8-6-22(7-9-23)16-4-2-3-5-19-16/h2-5,14H,6-13H2,1H3. The number of piperazine rings is 1. The Morgan fingerprint density at radius 1 is 0.800 bits per heavy atom. The Hall–Kier alpha value is -2.41. The van der Waals surface area contributed by atoms with Gasteiger partial charge in [-0.2, -0.15) is 0 Å². The first-order valence-corrected chi connectivity index (χ1v) is 8.89. The van der Waals surface area contributed by atoms with Crippen molar-refractivity contribution >= 4 is 17.5 Å². The third kappa shape index (κ3) is 3.66. The van der Waals surface area contributed by atoms with Crippen molar-refractivity contribution in [2.24, 2.45) is 0 Å². The summed E-state index contributed by atoms with van der Waals surface area (Å²) in [7, 11) is 0. The van der Waals surface area contributed by atoms with Gasteiger partial charge in [0, 0.05) is 51.5 Å². The van der Waals surface area contributed by atoms with Crippen LogP contribution in [0.25, 0.3) is 0 Å². The van der Waals surface area contributed by atoms with Crippen LogP contribution in [0.1, 0.15) is 5.82 Å². The van der Waals surface area contributed by atoms with Crippen molar-refractivity contribution < 1.29 is 4.74 Å². The Bertz CT molecular complexity index is 696. The molecule has 0 saturated carbocycles. The minimum atomic E-state index is 0.765. The van der Waals surface area contributed by atoms with E-state index < -0.39 is 0 Å². The van der Waals surface area contributed by atoms with E-state index in [9.17, 15) is 0 Å². The van der Waals surface area contributed by atoms with Gasteiger partial charge >= 0.3 is 0 Å². The zero-order valence-electron chi connectivity index (χ0n) is 14.6. The monoisotopic (exact) mass is 340 g/mol. The molecule has 0 unspecified atom stereocenters. The van der Waals surface area contributed by atoms with E-state index in [1.165, 1.54) is 0 Å². The van der Waals surface area contributed by atoms with Gasteiger partial charge in [-0.1, -0.05) is 6.07 Å². The van der Waals surface area contributed by atoms with Crippen LogP contribution in [-0.4, -0.2) is 67.4 Å². The molecular weight excluding hydrogens is 316 g/mol. The molecule has 2 fully saturated rings. The van der Waals surface area contributed by atoms with E-state index in [-0.39, 0.29) is 0 Å². The van der Waals surface area contributed by atoms with Crippen LogP contribution in [0.3, 0.4) is 0 Å². The van der Waals surface area contributed by atoms with Crippen LogP contribution in [0, 0.1) is 6.92 Å². The third-order valence-electron chi connectivity index (χ3n) is 4.72. The molecule has 2 aromatic rings. The minimum absolute atomic E-state index is 0.765. The summed E-state index contributed by atoms with van der Waals surface area (Å²) >= 11 is 0. The van der Waals surface area contributed by atoms with E-state index in [0.29, 0.717) is 0 Å². The number of nitrogens with zero attached hydrogens (tertiary/aromatic N) is 6. The van der Waals surface area contributed by atoms with Gasteiger partial charge in [0.05, 0.1) is 13.2 Å². The molecule has 0 atom stereocenters. The summed E-state index contributed by atoms with van der Waals surface area (Å²) in [6, 6.07) is 8.18. The molecule has 0 radical (unpaired) electrons. The molecule has 0 amide bonds. The van der Waals surface area contributed by atoms with Gasteiger partial charge in [-0.15, -0.1) is 0 Å². The first-order valence-electron chi connectivity index (χ1n) is 8.89. The van der Waals surface area contributed by atoms with E-state index in [2.05, 4.69) is 41.8 Å². The molecule has 2 saturated heterocycles. The summed E-state index contributed by atoms with van der Waals surface area (Å²) in [4.78, 5) is 20.7. The number of pyridine rings is 1. The van der Waals surface area contributed by atoms with E-state index >= 15 is 0 Å². The van der Waals surface area contributed by atoms with E-state index in [1.807, 2.05) is 25.3 Å². The van der Waals surface area contributed by atoms with Crippen LogP contribution in [0.2, 0.25) is 0 Å². The quantitative estimate of drug-likeness (QED) is 0.836. The molecule has 0 N–H and O–H groups in total. The lowest BCUT2D eigenvalue weighted by Gasteiger charge is -2.36. The van der Waals surface area contributed by atoms with Crippen molar-refractivity contribution in [3.63, 3.8) is 0 Å². The topological polar surface area (TPSA) is 57.6 Å². The highest BCUT2D eigenvalue weighted by Gasteiger charge is 2.21. The first kappa shape index (κ1) is 16.1. The molecule has 25 heavy (non-hydrogen) atoms. The largest absolute Gasteiger partial charge is 0.378 e. The van der Waals surface area contributed by atoms with Gasteiger partial charge < -0.3 is 19.4 Å². The summed E-state index contributed by atoms with van der Waals surface area (Å²) < 4.78 is 5.44. The highest BCUT2D eigenvalue weighted by Crippen LogP contribution is 2.22. The number of aryl methyl sites for hydroxylation is 1. The number of anilines is 3. The molecule has 0 bridgehead atoms. The lowest BCUT2D eigenvalue weighted by Crippen LogP contribution is -2.47. The van der Waals surface area contributed by atoms with Gasteiger partial charge in [0.1, 0.15) is 23.3 Å². The molecule has 2 aliphatic rings. The van der Waals surface area contributed by atoms with Gasteiger partial charge in [-0.05, 0) is 19.1 Å². The Morgan fingerprint density at radius 2 is 1.40 bits per heavy atom. The Morgan fingerprint density at radius 3 is 2.00 bits per heavy atom. The van der Waals surface area contributed by atoms with Crippen molar-refractivity contribution in [3.8, 4) is 0 Å². The molecule has 0 spiro atoms. The summed E-state index contributed by atoms with van der Waals surface area (Å²) in [5.74, 6) is 3.91. The van der Waals surface area contributed by atoms with Crippen LogP contribution in [-0.2, 0) is 4.74 Å². The number of rotatable bonds is 3. The van der Waals surface area contributed by atoms with E-state index in [4.69, 9.17) is 4.74 Å². The molecule has 7 heteroatoms. The smallest absolute Gasteiger partial charge is 0.134 e. The van der Waals surface area contributed by atoms with E-state index in [1.54, 1.807) is 0 Å². The van der Waals surface area contributed by atoms with Crippen LogP contribution >= 0.6 is 0 Å². The summed E-state index contributed by atoms with van der Waals surface area (Å²) in [6.07, 6.45) is 1.85. The van der Waals surface area contributed by atoms with Crippen LogP contribution in [0.15, 0.2) is 30.5 Å². The SMILES string of the molecule is Cc1nc(N2CCOCC2)cc(N2CCN(c3ccccn3)CC2)n1. The molecule has 132 valence electrons. The van der Waals surface area contributed by atoms with Crippen LogP contribution in [0.5, 0.6) is 0 Å². The molecule has 4 heterocycles. The summed E-state index contributed by atoms with van der Waals surface area (Å²) in [5.41, 5.74) is 0. The predicted octanol–water partition coefficient (Wildman–Crippen LogP) is 1.34. The fourth-order valence-corrected chi connectivity index (χ4v) is 3.36. The molecule has 0 aromatic carbocycles. The molecule has 2 aliphatic heterocycles. The predicted molar refractivity (Wildman–Crippen MR) is 98.5 cm³/mol. The van der Waals surface area contributed by atoms with Crippen LogP contribution < -0.4 is 14.7 Å². The summed E-state index contributed by atoms with van der Waals surface area (Å²) in [5, 5.41) is 0. The second kappa shape index (κ2) is 7.23. The number of ether oxygens (including phenoxy) is 1. The number of hydrogen-bond acceptors (Lipinski definition) is 7. The van der Waals surface area contributed by atoms with E-state index in [0.717, 1.165) is 75.8 Å². The number of morpholine rings is 1. The Labute approximate surface area is 148 Å². The fraction of sp³-hybridized carbons (Fsp3) is 0.500. The number of hydrogen-bond donors (Lipinski definition) is 0. The van der Waals surface area contributed by atoms with Crippen molar-refractivity contribution in [1.29, 1.82) is 0 Å². The molecular formula is C18H24N6O. The van der Waals surface area contributed by atoms with Gasteiger partial charge in [0.25, 0.3) is 0 Å². The fourth-order valence-electron chi connectivity index (χ4n) is 3.36. The minimum Gasteiger partial charge on any atom is -0.378 e. The average molecular weight is 340 g/mol. The molecule has 4 rings (SSSR count). The van der Waals surface area contributed by atoms with Gasteiger partial charge in [-0.3, -0.25) is 0 Å². The van der Waals surface area contributed by atoms with Crippen molar-refractivity contribution in [2.45, 2.75) is 6.92 Å². The lowest BCUT2D eigenvalue weighted by atomic mass is 10.3. The zero-order valence-corrected chi connectivity index (χ0v) is 14.6. The van der Waals surface area contributed by atoms with Crippen LogP contribution in [0.4, 0.5) is 17.5 Å². The van der Waals surface area contributed by atoms with Gasteiger partial charge in [0.15, 0.2) is 0 Å². The number of aromatic nitrogens is 3. The third-order valence-corrected chi connectivity index (χ3v) is 4.72. The molecule has 7 nitrogen and oxygen atoms in total. The van der Waals surface area contributed by atoms with Crippen molar-refractivity contribution in [1.82, 2.24) is 15.0 Å².